The zero-order valence-electron chi connectivity index (χ0n) is 15.0. The first-order valence-corrected chi connectivity index (χ1v) is 8.66. The van der Waals surface area contributed by atoms with Gasteiger partial charge in [-0.1, -0.05) is 0 Å². The summed E-state index contributed by atoms with van der Waals surface area (Å²) in [6, 6.07) is 6.96. The van der Waals surface area contributed by atoms with Gasteiger partial charge in [0, 0.05) is 29.8 Å². The van der Waals surface area contributed by atoms with Crippen LogP contribution in [0.3, 0.4) is 0 Å². The van der Waals surface area contributed by atoms with Crippen molar-refractivity contribution >= 4 is 0 Å². The number of aromatic amines is 1. The Morgan fingerprint density at radius 1 is 1.19 bits per heavy atom. The Morgan fingerprint density at radius 3 is 2.78 bits per heavy atom. The third-order valence-corrected chi connectivity index (χ3v) is 4.56. The van der Waals surface area contributed by atoms with E-state index in [0.29, 0.717) is 41.4 Å². The number of nitrogens with zero attached hydrogens (tertiary/aromatic N) is 4. The molecule has 1 aliphatic rings. The molecule has 0 aromatic carbocycles. The normalized spacial score (nSPS) is 18.1. The Labute approximate surface area is 155 Å². The first-order chi connectivity index (χ1) is 13.1. The number of aryl methyl sites for hydroxylation is 1. The zero-order chi connectivity index (χ0) is 18.8. The molecular formula is C19H19N5O3. The lowest BCUT2D eigenvalue weighted by molar-refractivity contribution is 0.285. The molecule has 0 amide bonds. The molecule has 1 saturated carbocycles. The number of aromatic nitrogens is 5. The SMILES string of the molecule is COc1ccc(C2CC2COc2nc(C)ncc2-c2ccc(=O)[nH]n2)nc1. The number of pyridine rings is 1. The van der Waals surface area contributed by atoms with Crippen LogP contribution in [0.5, 0.6) is 11.6 Å². The summed E-state index contributed by atoms with van der Waals surface area (Å²) < 4.78 is 11.1. The molecule has 4 rings (SSSR count). The van der Waals surface area contributed by atoms with Crippen molar-refractivity contribution < 1.29 is 9.47 Å². The van der Waals surface area contributed by atoms with E-state index in [1.54, 1.807) is 32.5 Å². The molecule has 3 aromatic heterocycles. The monoisotopic (exact) mass is 365 g/mol. The smallest absolute Gasteiger partial charge is 0.264 e. The molecule has 3 aromatic rings. The van der Waals surface area contributed by atoms with Crippen molar-refractivity contribution in [1.82, 2.24) is 25.1 Å². The lowest BCUT2D eigenvalue weighted by Gasteiger charge is -2.10. The van der Waals surface area contributed by atoms with Crippen molar-refractivity contribution in [2.24, 2.45) is 5.92 Å². The van der Waals surface area contributed by atoms with E-state index < -0.39 is 0 Å². The van der Waals surface area contributed by atoms with Crippen LogP contribution in [0, 0.1) is 12.8 Å². The highest BCUT2D eigenvalue weighted by Crippen LogP contribution is 2.47. The van der Waals surface area contributed by atoms with E-state index in [0.717, 1.165) is 17.9 Å². The van der Waals surface area contributed by atoms with Gasteiger partial charge in [0.05, 0.1) is 31.2 Å². The summed E-state index contributed by atoms with van der Waals surface area (Å²) in [6.45, 7) is 2.34. The van der Waals surface area contributed by atoms with E-state index >= 15 is 0 Å². The average molecular weight is 365 g/mol. The van der Waals surface area contributed by atoms with Crippen molar-refractivity contribution in [3.05, 3.63) is 58.5 Å². The number of methoxy groups -OCH3 is 1. The number of hydrogen-bond acceptors (Lipinski definition) is 7. The highest BCUT2D eigenvalue weighted by molar-refractivity contribution is 5.63. The van der Waals surface area contributed by atoms with Gasteiger partial charge in [-0.15, -0.1) is 0 Å². The van der Waals surface area contributed by atoms with Gasteiger partial charge < -0.3 is 9.47 Å². The van der Waals surface area contributed by atoms with Crippen LogP contribution in [0.15, 0.2) is 41.5 Å². The highest BCUT2D eigenvalue weighted by Gasteiger charge is 2.40. The Hall–Kier alpha value is -3.29. The van der Waals surface area contributed by atoms with Gasteiger partial charge in [-0.25, -0.2) is 10.1 Å². The van der Waals surface area contributed by atoms with E-state index in [9.17, 15) is 4.79 Å². The minimum atomic E-state index is -0.262. The molecule has 8 heteroatoms. The summed E-state index contributed by atoms with van der Waals surface area (Å²) in [6.07, 6.45) is 4.42. The number of rotatable bonds is 6. The van der Waals surface area contributed by atoms with Gasteiger partial charge in [0.25, 0.3) is 5.56 Å². The highest BCUT2D eigenvalue weighted by atomic mass is 16.5. The molecule has 2 atom stereocenters. The number of H-pyrrole nitrogens is 1. The fourth-order valence-electron chi connectivity index (χ4n) is 2.94. The van der Waals surface area contributed by atoms with Crippen LogP contribution in [0.25, 0.3) is 11.3 Å². The lowest BCUT2D eigenvalue weighted by Crippen LogP contribution is -2.08. The van der Waals surface area contributed by atoms with Crippen LogP contribution in [-0.2, 0) is 0 Å². The first kappa shape index (κ1) is 17.1. The van der Waals surface area contributed by atoms with Gasteiger partial charge in [-0.3, -0.25) is 9.78 Å². The van der Waals surface area contributed by atoms with E-state index in [1.807, 2.05) is 12.1 Å². The Kier molecular flexibility index (Phi) is 4.53. The fourth-order valence-corrected chi connectivity index (χ4v) is 2.94. The van der Waals surface area contributed by atoms with E-state index in [4.69, 9.17) is 9.47 Å². The molecular weight excluding hydrogens is 346 g/mol. The second-order valence-corrected chi connectivity index (χ2v) is 6.48. The van der Waals surface area contributed by atoms with Crippen molar-refractivity contribution in [1.29, 1.82) is 0 Å². The van der Waals surface area contributed by atoms with E-state index in [2.05, 4.69) is 25.1 Å². The Balaban J connectivity index is 1.46. The molecule has 0 radical (unpaired) electrons. The van der Waals surface area contributed by atoms with Gasteiger partial charge >= 0.3 is 0 Å². The van der Waals surface area contributed by atoms with E-state index in [1.165, 1.54) is 6.07 Å². The fraction of sp³-hybridized carbons (Fsp3) is 0.316. The van der Waals surface area contributed by atoms with Crippen LogP contribution in [0.4, 0.5) is 0 Å². The van der Waals surface area contributed by atoms with Gasteiger partial charge in [0.2, 0.25) is 5.88 Å². The van der Waals surface area contributed by atoms with Gasteiger partial charge in [0.15, 0.2) is 0 Å². The summed E-state index contributed by atoms with van der Waals surface area (Å²) in [5, 5.41) is 6.46. The van der Waals surface area contributed by atoms with Crippen LogP contribution in [-0.4, -0.2) is 38.9 Å². The van der Waals surface area contributed by atoms with Crippen molar-refractivity contribution in [2.45, 2.75) is 19.3 Å². The van der Waals surface area contributed by atoms with Crippen LogP contribution in [0.1, 0.15) is 23.9 Å². The maximum absolute atomic E-state index is 11.2. The van der Waals surface area contributed by atoms with E-state index in [-0.39, 0.29) is 5.56 Å². The molecule has 27 heavy (non-hydrogen) atoms. The molecule has 1 fully saturated rings. The molecule has 8 nitrogen and oxygen atoms in total. The minimum absolute atomic E-state index is 0.262. The second kappa shape index (κ2) is 7.14. The molecule has 2 unspecified atom stereocenters. The van der Waals surface area contributed by atoms with Gasteiger partial charge in [-0.2, -0.15) is 10.1 Å². The van der Waals surface area contributed by atoms with Crippen molar-refractivity contribution in [2.75, 3.05) is 13.7 Å². The third-order valence-electron chi connectivity index (χ3n) is 4.56. The predicted molar refractivity (Wildman–Crippen MR) is 97.8 cm³/mol. The quantitative estimate of drug-likeness (QED) is 0.713. The molecule has 0 spiro atoms. The first-order valence-electron chi connectivity index (χ1n) is 8.66. The van der Waals surface area contributed by atoms with Crippen LogP contribution >= 0.6 is 0 Å². The maximum Gasteiger partial charge on any atom is 0.264 e. The average Bonchev–Trinajstić information content (AvgIpc) is 3.47. The Bertz CT molecular complexity index is 982. The summed E-state index contributed by atoms with van der Waals surface area (Å²) in [4.78, 5) is 24.3. The molecule has 1 aliphatic carbocycles. The maximum atomic E-state index is 11.2. The summed E-state index contributed by atoms with van der Waals surface area (Å²) >= 11 is 0. The minimum Gasteiger partial charge on any atom is -0.495 e. The topological polar surface area (TPSA) is 103 Å². The standard InChI is InChI=1S/C19H19N5O3/c1-11-20-9-15(17-5-6-18(25)24-23-17)19(22-11)27-10-12-7-14(12)16-4-3-13(26-2)8-21-16/h3-6,8-9,12,14H,7,10H2,1-2H3,(H,24,25). The van der Waals surface area contributed by atoms with Gasteiger partial charge in [-0.05, 0) is 31.5 Å². The summed E-state index contributed by atoms with van der Waals surface area (Å²) in [5.74, 6) is 2.60. The summed E-state index contributed by atoms with van der Waals surface area (Å²) in [5.41, 5.74) is 2.00. The lowest BCUT2D eigenvalue weighted by atomic mass is 10.2. The molecule has 0 aliphatic heterocycles. The van der Waals surface area contributed by atoms with Crippen molar-refractivity contribution in [3.63, 3.8) is 0 Å². The molecule has 138 valence electrons. The van der Waals surface area contributed by atoms with Gasteiger partial charge in [0.1, 0.15) is 11.6 Å². The largest absolute Gasteiger partial charge is 0.495 e. The third kappa shape index (κ3) is 3.79. The Morgan fingerprint density at radius 2 is 2.07 bits per heavy atom. The van der Waals surface area contributed by atoms with Crippen LogP contribution in [0.2, 0.25) is 0 Å². The van der Waals surface area contributed by atoms with Crippen LogP contribution < -0.4 is 15.0 Å². The predicted octanol–water partition coefficient (Wildman–Crippen LogP) is 2.12. The molecule has 0 saturated heterocycles. The molecule has 1 N–H and O–H groups in total. The number of nitrogens with one attached hydrogen (secondary N) is 1. The zero-order valence-corrected chi connectivity index (χ0v) is 15.0. The molecule has 3 heterocycles. The number of hydrogen-bond donors (Lipinski definition) is 1. The second-order valence-electron chi connectivity index (χ2n) is 6.48. The van der Waals surface area contributed by atoms with Crippen molar-refractivity contribution in [3.8, 4) is 22.9 Å². The number of ether oxygens (including phenoxy) is 2. The molecule has 0 bridgehead atoms. The summed E-state index contributed by atoms with van der Waals surface area (Å²) in [7, 11) is 1.63.